The van der Waals surface area contributed by atoms with Gasteiger partial charge in [0.15, 0.2) is 11.5 Å². The lowest BCUT2D eigenvalue weighted by atomic mass is 10.1. The molecule has 0 aliphatic carbocycles. The van der Waals surface area contributed by atoms with E-state index in [-0.39, 0.29) is 6.04 Å². The number of aliphatic carboxylic acids is 1. The maximum atomic E-state index is 11.4. The summed E-state index contributed by atoms with van der Waals surface area (Å²) < 4.78 is 10.8. The first-order valence-electron chi connectivity index (χ1n) is 6.79. The Hall–Kier alpha value is -1.75. The van der Waals surface area contributed by atoms with Crippen molar-refractivity contribution in [3.63, 3.8) is 0 Å². The lowest BCUT2D eigenvalue weighted by Gasteiger charge is -2.19. The zero-order chi connectivity index (χ0) is 15.1. The van der Waals surface area contributed by atoms with Crippen molar-refractivity contribution in [3.8, 4) is 11.5 Å². The highest BCUT2D eigenvalue weighted by molar-refractivity contribution is 5.76. The zero-order valence-corrected chi connectivity index (χ0v) is 12.5. The third-order valence-electron chi connectivity index (χ3n) is 2.73. The van der Waals surface area contributed by atoms with Crippen molar-refractivity contribution in [3.05, 3.63) is 23.8 Å². The number of methoxy groups -OCH3 is 1. The third-order valence-corrected chi connectivity index (χ3v) is 2.73. The first-order valence-corrected chi connectivity index (χ1v) is 6.79. The summed E-state index contributed by atoms with van der Waals surface area (Å²) >= 11 is 0. The zero-order valence-electron chi connectivity index (χ0n) is 12.5. The highest BCUT2D eigenvalue weighted by atomic mass is 16.5. The molecule has 1 aromatic rings. The van der Waals surface area contributed by atoms with Gasteiger partial charge in [-0.1, -0.05) is 13.0 Å². The second-order valence-corrected chi connectivity index (χ2v) is 4.85. The first-order chi connectivity index (χ1) is 9.49. The quantitative estimate of drug-likeness (QED) is 0.766. The summed E-state index contributed by atoms with van der Waals surface area (Å²) in [6, 6.07) is 4.52. The van der Waals surface area contributed by atoms with Crippen LogP contribution in [0, 0.1) is 0 Å². The number of carboxylic acid groups (broad SMARTS) is 1. The normalized spacial score (nSPS) is 12.2. The molecule has 0 spiro atoms. The van der Waals surface area contributed by atoms with Crippen LogP contribution in [0.2, 0.25) is 0 Å². The Labute approximate surface area is 119 Å². The molecule has 0 radical (unpaired) electrons. The van der Waals surface area contributed by atoms with Crippen molar-refractivity contribution in [1.82, 2.24) is 5.32 Å². The molecule has 112 valence electrons. The molecular weight excluding hydrogens is 258 g/mol. The fourth-order valence-corrected chi connectivity index (χ4v) is 1.84. The number of rotatable bonds is 8. The standard InChI is InChI=1S/C15H23NO4/c1-5-8-20-12-7-6-11(9-13(12)19-4)14(15(17)18)16-10(2)3/h6-7,9-10,14,16H,5,8H2,1-4H3,(H,17,18). The predicted molar refractivity (Wildman–Crippen MR) is 77.4 cm³/mol. The van der Waals surface area contributed by atoms with Crippen molar-refractivity contribution < 1.29 is 19.4 Å². The van der Waals surface area contributed by atoms with Gasteiger partial charge in [-0.2, -0.15) is 0 Å². The number of hydrogen-bond donors (Lipinski definition) is 2. The lowest BCUT2D eigenvalue weighted by Crippen LogP contribution is -2.33. The van der Waals surface area contributed by atoms with Crippen LogP contribution >= 0.6 is 0 Å². The van der Waals surface area contributed by atoms with Crippen molar-refractivity contribution in [2.75, 3.05) is 13.7 Å². The number of carboxylic acids is 1. The minimum atomic E-state index is -0.914. The molecule has 5 nitrogen and oxygen atoms in total. The van der Waals surface area contributed by atoms with Crippen LogP contribution < -0.4 is 14.8 Å². The first kappa shape index (κ1) is 16.3. The molecule has 5 heteroatoms. The maximum Gasteiger partial charge on any atom is 0.325 e. The van der Waals surface area contributed by atoms with Crippen LogP contribution in [0.25, 0.3) is 0 Å². The minimum Gasteiger partial charge on any atom is -0.493 e. The van der Waals surface area contributed by atoms with E-state index in [9.17, 15) is 9.90 Å². The van der Waals surface area contributed by atoms with Crippen LogP contribution in [0.15, 0.2) is 18.2 Å². The second-order valence-electron chi connectivity index (χ2n) is 4.85. The molecule has 1 atom stereocenters. The second kappa shape index (κ2) is 7.75. The van der Waals surface area contributed by atoms with Crippen molar-refractivity contribution in [2.45, 2.75) is 39.3 Å². The molecular formula is C15H23NO4. The number of nitrogens with one attached hydrogen (secondary N) is 1. The molecule has 0 aliphatic rings. The molecule has 0 amide bonds. The van der Waals surface area contributed by atoms with Gasteiger partial charge in [-0.25, -0.2) is 0 Å². The Bertz CT molecular complexity index is 445. The van der Waals surface area contributed by atoms with Crippen LogP contribution in [0.5, 0.6) is 11.5 Å². The average molecular weight is 281 g/mol. The molecule has 1 aromatic carbocycles. The van der Waals surface area contributed by atoms with E-state index in [1.165, 1.54) is 0 Å². The molecule has 2 N–H and O–H groups in total. The van der Waals surface area contributed by atoms with E-state index in [4.69, 9.17) is 9.47 Å². The van der Waals surface area contributed by atoms with Gasteiger partial charge in [0, 0.05) is 6.04 Å². The van der Waals surface area contributed by atoms with Gasteiger partial charge < -0.3 is 14.6 Å². The molecule has 20 heavy (non-hydrogen) atoms. The lowest BCUT2D eigenvalue weighted by molar-refractivity contribution is -0.139. The van der Waals surface area contributed by atoms with E-state index in [0.29, 0.717) is 23.7 Å². The van der Waals surface area contributed by atoms with Gasteiger partial charge >= 0.3 is 5.97 Å². The van der Waals surface area contributed by atoms with E-state index in [0.717, 1.165) is 6.42 Å². The smallest absolute Gasteiger partial charge is 0.325 e. The Balaban J connectivity index is 3.02. The Morgan fingerprint density at radius 2 is 2.05 bits per heavy atom. The SMILES string of the molecule is CCCOc1ccc(C(NC(C)C)C(=O)O)cc1OC. The summed E-state index contributed by atoms with van der Waals surface area (Å²) in [5, 5.41) is 12.3. The van der Waals surface area contributed by atoms with Gasteiger partial charge in [0.25, 0.3) is 0 Å². The van der Waals surface area contributed by atoms with Gasteiger partial charge in [-0.3, -0.25) is 10.1 Å². The van der Waals surface area contributed by atoms with Gasteiger partial charge in [-0.05, 0) is 38.0 Å². The Kier molecular flexibility index (Phi) is 6.31. The molecule has 0 saturated carbocycles. The summed E-state index contributed by atoms with van der Waals surface area (Å²) in [4.78, 5) is 11.4. The van der Waals surface area contributed by atoms with E-state index < -0.39 is 12.0 Å². The van der Waals surface area contributed by atoms with Crippen LogP contribution in [0.3, 0.4) is 0 Å². The molecule has 1 rings (SSSR count). The van der Waals surface area contributed by atoms with Crippen LogP contribution in [0.4, 0.5) is 0 Å². The largest absolute Gasteiger partial charge is 0.493 e. The summed E-state index contributed by atoms with van der Waals surface area (Å²) in [5.41, 5.74) is 0.645. The highest BCUT2D eigenvalue weighted by Crippen LogP contribution is 2.30. The van der Waals surface area contributed by atoms with Crippen molar-refractivity contribution in [2.24, 2.45) is 0 Å². The number of ether oxygens (including phenoxy) is 2. The average Bonchev–Trinajstić information content (AvgIpc) is 2.42. The fourth-order valence-electron chi connectivity index (χ4n) is 1.84. The number of benzene rings is 1. The summed E-state index contributed by atoms with van der Waals surface area (Å²) in [5.74, 6) is 0.266. The van der Waals surface area contributed by atoms with E-state index in [1.807, 2.05) is 20.8 Å². The van der Waals surface area contributed by atoms with Gasteiger partial charge in [-0.15, -0.1) is 0 Å². The van der Waals surface area contributed by atoms with Crippen LogP contribution in [-0.2, 0) is 4.79 Å². The number of carbonyl (C=O) groups is 1. The van der Waals surface area contributed by atoms with E-state index in [1.54, 1.807) is 25.3 Å². The molecule has 0 aliphatic heterocycles. The van der Waals surface area contributed by atoms with Gasteiger partial charge in [0.2, 0.25) is 0 Å². The Morgan fingerprint density at radius 3 is 2.55 bits per heavy atom. The third kappa shape index (κ3) is 4.42. The van der Waals surface area contributed by atoms with E-state index in [2.05, 4.69) is 5.32 Å². The number of hydrogen-bond acceptors (Lipinski definition) is 4. The molecule has 0 heterocycles. The Morgan fingerprint density at radius 1 is 1.35 bits per heavy atom. The van der Waals surface area contributed by atoms with E-state index >= 15 is 0 Å². The summed E-state index contributed by atoms with van der Waals surface area (Å²) in [6.45, 7) is 6.44. The van der Waals surface area contributed by atoms with Crippen LogP contribution in [0.1, 0.15) is 38.8 Å². The highest BCUT2D eigenvalue weighted by Gasteiger charge is 2.21. The topological polar surface area (TPSA) is 67.8 Å². The molecule has 1 unspecified atom stereocenters. The van der Waals surface area contributed by atoms with Crippen molar-refractivity contribution >= 4 is 5.97 Å². The molecule has 0 saturated heterocycles. The maximum absolute atomic E-state index is 11.4. The van der Waals surface area contributed by atoms with Gasteiger partial charge in [0.05, 0.1) is 13.7 Å². The van der Waals surface area contributed by atoms with Gasteiger partial charge in [0.1, 0.15) is 6.04 Å². The molecule has 0 bridgehead atoms. The molecule has 0 aromatic heterocycles. The summed E-state index contributed by atoms with van der Waals surface area (Å²) in [6.07, 6.45) is 0.900. The fraction of sp³-hybridized carbons (Fsp3) is 0.533. The molecule has 0 fully saturated rings. The summed E-state index contributed by atoms with van der Waals surface area (Å²) in [7, 11) is 1.55. The van der Waals surface area contributed by atoms with Crippen LogP contribution in [-0.4, -0.2) is 30.8 Å². The monoisotopic (exact) mass is 281 g/mol. The minimum absolute atomic E-state index is 0.0677. The van der Waals surface area contributed by atoms with Crippen molar-refractivity contribution in [1.29, 1.82) is 0 Å². The predicted octanol–water partition coefficient (Wildman–Crippen LogP) is 2.61.